The number of hydrogen-bond donors (Lipinski definition) is 0. The second-order valence-corrected chi connectivity index (χ2v) is 6.18. The summed E-state index contributed by atoms with van der Waals surface area (Å²) >= 11 is 1.74. The maximum absolute atomic E-state index is 4.47. The van der Waals surface area contributed by atoms with E-state index in [1.807, 2.05) is 24.0 Å². The monoisotopic (exact) mass is 288 g/mol. The number of hydrogen-bond acceptors (Lipinski definition) is 5. The van der Waals surface area contributed by atoms with E-state index in [1.54, 1.807) is 11.3 Å². The number of aromatic nitrogens is 2. The molecule has 2 aromatic heterocycles. The van der Waals surface area contributed by atoms with Gasteiger partial charge in [0.1, 0.15) is 0 Å². The SMILES string of the molecule is CC(c1ccccn1)N1CCN(Cc2cncs2)CC1. The van der Waals surface area contributed by atoms with Gasteiger partial charge in [-0.05, 0) is 19.1 Å². The minimum absolute atomic E-state index is 0.404. The zero-order valence-electron chi connectivity index (χ0n) is 11.8. The molecular formula is C15H20N4S. The van der Waals surface area contributed by atoms with E-state index < -0.39 is 0 Å². The summed E-state index contributed by atoms with van der Waals surface area (Å²) in [7, 11) is 0. The van der Waals surface area contributed by atoms with Crippen molar-refractivity contribution in [1.82, 2.24) is 19.8 Å². The van der Waals surface area contributed by atoms with Gasteiger partial charge in [-0.3, -0.25) is 19.8 Å². The second kappa shape index (κ2) is 6.43. The van der Waals surface area contributed by atoms with Gasteiger partial charge >= 0.3 is 0 Å². The van der Waals surface area contributed by atoms with Crippen LogP contribution in [0.4, 0.5) is 0 Å². The van der Waals surface area contributed by atoms with Crippen LogP contribution in [0.1, 0.15) is 23.5 Å². The number of rotatable bonds is 4. The molecule has 0 aromatic carbocycles. The molecule has 1 unspecified atom stereocenters. The van der Waals surface area contributed by atoms with Crippen LogP contribution in [0.3, 0.4) is 0 Å². The molecule has 0 spiro atoms. The molecule has 0 saturated carbocycles. The summed E-state index contributed by atoms with van der Waals surface area (Å²) in [5.74, 6) is 0. The molecule has 2 aromatic rings. The van der Waals surface area contributed by atoms with E-state index in [1.165, 1.54) is 10.6 Å². The minimum atomic E-state index is 0.404. The van der Waals surface area contributed by atoms with Gasteiger partial charge in [0.05, 0.1) is 11.2 Å². The lowest BCUT2D eigenvalue weighted by molar-refractivity contribution is 0.0970. The third-order valence-corrected chi connectivity index (χ3v) is 4.70. The Balaban J connectivity index is 1.53. The van der Waals surface area contributed by atoms with Crippen LogP contribution in [0.2, 0.25) is 0 Å². The Bertz CT molecular complexity index is 506. The van der Waals surface area contributed by atoms with Crippen LogP contribution in [-0.4, -0.2) is 45.9 Å². The quantitative estimate of drug-likeness (QED) is 0.865. The minimum Gasteiger partial charge on any atom is -0.296 e. The van der Waals surface area contributed by atoms with E-state index in [9.17, 15) is 0 Å². The molecule has 106 valence electrons. The molecule has 4 nitrogen and oxygen atoms in total. The van der Waals surface area contributed by atoms with Crippen LogP contribution in [0.15, 0.2) is 36.1 Å². The smallest absolute Gasteiger partial charge is 0.0794 e. The van der Waals surface area contributed by atoms with Crippen molar-refractivity contribution in [2.24, 2.45) is 0 Å². The molecule has 1 saturated heterocycles. The Morgan fingerprint density at radius 1 is 1.25 bits per heavy atom. The van der Waals surface area contributed by atoms with E-state index in [0.29, 0.717) is 6.04 Å². The molecule has 0 aliphatic carbocycles. The first-order chi connectivity index (χ1) is 9.83. The predicted octanol–water partition coefficient (Wildman–Crippen LogP) is 2.42. The molecular weight excluding hydrogens is 268 g/mol. The lowest BCUT2D eigenvalue weighted by Crippen LogP contribution is -2.46. The predicted molar refractivity (Wildman–Crippen MR) is 81.6 cm³/mol. The summed E-state index contributed by atoms with van der Waals surface area (Å²) in [6, 6.07) is 6.57. The van der Waals surface area contributed by atoms with Gasteiger partial charge in [-0.1, -0.05) is 6.07 Å². The van der Waals surface area contributed by atoms with Crippen LogP contribution < -0.4 is 0 Å². The fourth-order valence-corrected chi connectivity index (χ4v) is 3.30. The fourth-order valence-electron chi connectivity index (χ4n) is 2.66. The Labute approximate surface area is 124 Å². The summed E-state index contributed by atoms with van der Waals surface area (Å²) in [4.78, 5) is 15.0. The van der Waals surface area contributed by atoms with Crippen molar-refractivity contribution in [3.63, 3.8) is 0 Å². The van der Waals surface area contributed by atoms with Crippen molar-refractivity contribution in [2.75, 3.05) is 26.2 Å². The van der Waals surface area contributed by atoms with E-state index in [-0.39, 0.29) is 0 Å². The Hall–Kier alpha value is -1.30. The third kappa shape index (κ3) is 3.23. The first-order valence-electron chi connectivity index (χ1n) is 7.07. The Kier molecular flexibility index (Phi) is 4.40. The van der Waals surface area contributed by atoms with Gasteiger partial charge in [-0.15, -0.1) is 11.3 Å². The molecule has 3 heterocycles. The van der Waals surface area contributed by atoms with Crippen LogP contribution >= 0.6 is 11.3 Å². The molecule has 0 N–H and O–H groups in total. The lowest BCUT2D eigenvalue weighted by Gasteiger charge is -2.37. The molecule has 3 rings (SSSR count). The van der Waals surface area contributed by atoms with Gasteiger partial charge in [-0.25, -0.2) is 0 Å². The van der Waals surface area contributed by atoms with Crippen molar-refractivity contribution in [2.45, 2.75) is 19.5 Å². The van der Waals surface area contributed by atoms with Crippen LogP contribution in [-0.2, 0) is 6.54 Å². The van der Waals surface area contributed by atoms with Gasteiger partial charge in [0.15, 0.2) is 0 Å². The maximum Gasteiger partial charge on any atom is 0.0794 e. The standard InChI is InChI=1S/C15H20N4S/c1-13(15-4-2-3-5-17-15)19-8-6-18(7-9-19)11-14-10-16-12-20-14/h2-5,10,12-13H,6-9,11H2,1H3. The Morgan fingerprint density at radius 3 is 2.75 bits per heavy atom. The summed E-state index contributed by atoms with van der Waals surface area (Å²) in [6.07, 6.45) is 3.86. The summed E-state index contributed by atoms with van der Waals surface area (Å²) in [5.41, 5.74) is 3.08. The number of pyridine rings is 1. The van der Waals surface area contributed by atoms with Gasteiger partial charge in [-0.2, -0.15) is 0 Å². The highest BCUT2D eigenvalue weighted by Crippen LogP contribution is 2.20. The zero-order chi connectivity index (χ0) is 13.8. The lowest BCUT2D eigenvalue weighted by atomic mass is 10.1. The van der Waals surface area contributed by atoms with E-state index >= 15 is 0 Å². The maximum atomic E-state index is 4.47. The second-order valence-electron chi connectivity index (χ2n) is 5.21. The molecule has 1 aliphatic rings. The Morgan fingerprint density at radius 2 is 2.10 bits per heavy atom. The van der Waals surface area contributed by atoms with Crippen LogP contribution in [0.25, 0.3) is 0 Å². The highest BCUT2D eigenvalue weighted by atomic mass is 32.1. The van der Waals surface area contributed by atoms with Crippen molar-refractivity contribution >= 4 is 11.3 Å². The van der Waals surface area contributed by atoms with E-state index in [2.05, 4.69) is 38.8 Å². The molecule has 20 heavy (non-hydrogen) atoms. The number of nitrogens with zero attached hydrogens (tertiary/aromatic N) is 4. The van der Waals surface area contributed by atoms with Crippen LogP contribution in [0.5, 0.6) is 0 Å². The topological polar surface area (TPSA) is 32.3 Å². The number of thiazole rings is 1. The van der Waals surface area contributed by atoms with Crippen molar-refractivity contribution in [3.8, 4) is 0 Å². The van der Waals surface area contributed by atoms with Crippen molar-refractivity contribution < 1.29 is 0 Å². The van der Waals surface area contributed by atoms with Crippen molar-refractivity contribution in [1.29, 1.82) is 0 Å². The molecule has 5 heteroatoms. The highest BCUT2D eigenvalue weighted by Gasteiger charge is 2.22. The molecule has 1 aliphatic heterocycles. The largest absolute Gasteiger partial charge is 0.296 e. The van der Waals surface area contributed by atoms with Crippen molar-refractivity contribution in [3.05, 3.63) is 46.7 Å². The first kappa shape index (κ1) is 13.7. The summed E-state index contributed by atoms with van der Waals surface area (Å²) in [5, 5.41) is 0. The molecule has 1 atom stereocenters. The first-order valence-corrected chi connectivity index (χ1v) is 7.95. The molecule has 0 bridgehead atoms. The normalized spacial score (nSPS) is 19.1. The highest BCUT2D eigenvalue weighted by molar-refractivity contribution is 7.09. The van der Waals surface area contributed by atoms with Gasteiger partial charge in [0.25, 0.3) is 0 Å². The van der Waals surface area contributed by atoms with E-state index in [0.717, 1.165) is 32.7 Å². The average molecular weight is 288 g/mol. The third-order valence-electron chi connectivity index (χ3n) is 3.93. The molecule has 1 fully saturated rings. The molecule has 0 radical (unpaired) electrons. The van der Waals surface area contributed by atoms with Crippen LogP contribution in [0, 0.1) is 0 Å². The number of piperazine rings is 1. The average Bonchev–Trinajstić information content (AvgIpc) is 3.01. The van der Waals surface area contributed by atoms with Gasteiger partial charge < -0.3 is 0 Å². The van der Waals surface area contributed by atoms with E-state index in [4.69, 9.17) is 0 Å². The summed E-state index contributed by atoms with van der Waals surface area (Å²) < 4.78 is 0. The zero-order valence-corrected chi connectivity index (χ0v) is 12.6. The van der Waals surface area contributed by atoms with Gasteiger partial charge in [0.2, 0.25) is 0 Å². The summed E-state index contributed by atoms with van der Waals surface area (Å²) in [6.45, 7) is 7.74. The fraction of sp³-hybridized carbons (Fsp3) is 0.467. The van der Waals surface area contributed by atoms with Gasteiger partial charge in [0, 0.05) is 56.0 Å². The molecule has 0 amide bonds.